The van der Waals surface area contributed by atoms with Crippen LogP contribution in [0.5, 0.6) is 5.75 Å². The van der Waals surface area contributed by atoms with Gasteiger partial charge in [-0.05, 0) is 24.1 Å². The molecule has 0 N–H and O–H groups in total. The third-order valence-electron chi connectivity index (χ3n) is 3.13. The number of hydrogen-bond acceptors (Lipinski definition) is 4. The molecule has 1 aromatic rings. The SMILES string of the molecule is COC(=O)[C@@H]1CC(=O)c2c(OC)ccc(Cl)c2C1. The molecule has 0 saturated heterocycles. The molecule has 0 heterocycles. The summed E-state index contributed by atoms with van der Waals surface area (Å²) < 4.78 is 9.85. The van der Waals surface area contributed by atoms with Crippen molar-refractivity contribution < 1.29 is 19.1 Å². The number of Topliss-reactive ketones (excluding diaryl/α,β-unsaturated/α-hetero) is 1. The first kappa shape index (κ1) is 12.9. The number of ether oxygens (including phenoxy) is 2. The topological polar surface area (TPSA) is 52.6 Å². The van der Waals surface area contributed by atoms with E-state index in [0.29, 0.717) is 28.3 Å². The number of hydrogen-bond donors (Lipinski definition) is 0. The van der Waals surface area contributed by atoms with Crippen LogP contribution in [0.4, 0.5) is 0 Å². The Balaban J connectivity index is 2.47. The molecule has 5 heteroatoms. The van der Waals surface area contributed by atoms with E-state index >= 15 is 0 Å². The van der Waals surface area contributed by atoms with Crippen LogP contribution in [0.1, 0.15) is 22.3 Å². The Morgan fingerprint density at radius 2 is 2.06 bits per heavy atom. The number of carbonyl (C=O) groups excluding carboxylic acids is 2. The summed E-state index contributed by atoms with van der Waals surface area (Å²) >= 11 is 6.09. The van der Waals surface area contributed by atoms with E-state index in [2.05, 4.69) is 4.74 Å². The molecular formula is C13H13ClO4. The molecule has 4 nitrogen and oxygen atoms in total. The standard InChI is InChI=1S/C13H13ClO4/c1-17-11-4-3-9(14)8-5-7(13(16)18-2)6-10(15)12(8)11/h3-4,7H,5-6H2,1-2H3/t7-/m0/s1. The van der Waals surface area contributed by atoms with Gasteiger partial charge in [-0.25, -0.2) is 0 Å². The minimum atomic E-state index is -0.459. The highest BCUT2D eigenvalue weighted by Crippen LogP contribution is 2.36. The molecule has 0 saturated carbocycles. The van der Waals surface area contributed by atoms with Gasteiger partial charge in [0.25, 0.3) is 0 Å². The predicted octanol–water partition coefficient (Wildman–Crippen LogP) is 2.27. The lowest BCUT2D eigenvalue weighted by atomic mass is 9.82. The van der Waals surface area contributed by atoms with Gasteiger partial charge in [-0.15, -0.1) is 0 Å². The smallest absolute Gasteiger partial charge is 0.309 e. The second-order valence-electron chi connectivity index (χ2n) is 4.15. The van der Waals surface area contributed by atoms with E-state index in [-0.39, 0.29) is 18.2 Å². The molecule has 1 aliphatic rings. The van der Waals surface area contributed by atoms with Crippen molar-refractivity contribution in [1.82, 2.24) is 0 Å². The van der Waals surface area contributed by atoms with Crippen molar-refractivity contribution in [1.29, 1.82) is 0 Å². The third kappa shape index (κ3) is 2.08. The van der Waals surface area contributed by atoms with Crippen LogP contribution < -0.4 is 4.74 Å². The van der Waals surface area contributed by atoms with Crippen LogP contribution in [0.2, 0.25) is 5.02 Å². The molecule has 0 radical (unpaired) electrons. The van der Waals surface area contributed by atoms with Gasteiger partial charge in [0.15, 0.2) is 5.78 Å². The first-order valence-electron chi connectivity index (χ1n) is 5.54. The number of esters is 1. The summed E-state index contributed by atoms with van der Waals surface area (Å²) in [4.78, 5) is 23.6. The van der Waals surface area contributed by atoms with Crippen molar-refractivity contribution >= 4 is 23.4 Å². The van der Waals surface area contributed by atoms with Crippen LogP contribution in [0.15, 0.2) is 12.1 Å². The van der Waals surface area contributed by atoms with Crippen LogP contribution in [0.3, 0.4) is 0 Å². The summed E-state index contributed by atoms with van der Waals surface area (Å²) in [5.41, 5.74) is 1.16. The van der Waals surface area contributed by atoms with Gasteiger partial charge in [-0.1, -0.05) is 11.6 Å². The zero-order valence-electron chi connectivity index (χ0n) is 10.2. The molecule has 0 amide bonds. The maximum atomic E-state index is 12.1. The molecule has 1 aliphatic carbocycles. The Morgan fingerprint density at radius 1 is 1.33 bits per heavy atom. The molecule has 0 fully saturated rings. The average Bonchev–Trinajstić information content (AvgIpc) is 2.38. The predicted molar refractivity (Wildman–Crippen MR) is 66.2 cm³/mol. The van der Waals surface area contributed by atoms with Crippen LogP contribution in [0, 0.1) is 5.92 Å². The summed E-state index contributed by atoms with van der Waals surface area (Å²) in [7, 11) is 2.82. The van der Waals surface area contributed by atoms with Crippen molar-refractivity contribution in [3.8, 4) is 5.75 Å². The molecule has 0 spiro atoms. The normalized spacial score (nSPS) is 18.2. The Morgan fingerprint density at radius 3 is 2.67 bits per heavy atom. The second-order valence-corrected chi connectivity index (χ2v) is 4.56. The van der Waals surface area contributed by atoms with Gasteiger partial charge >= 0.3 is 5.97 Å². The van der Waals surface area contributed by atoms with Gasteiger partial charge < -0.3 is 9.47 Å². The maximum absolute atomic E-state index is 12.1. The summed E-state index contributed by atoms with van der Waals surface area (Å²) in [5, 5.41) is 0.479. The second kappa shape index (κ2) is 4.98. The van der Waals surface area contributed by atoms with Crippen LogP contribution >= 0.6 is 11.6 Å². The van der Waals surface area contributed by atoms with Gasteiger partial charge in [0.1, 0.15) is 5.75 Å². The molecule has 96 valence electrons. The number of methoxy groups -OCH3 is 2. The molecule has 1 atom stereocenters. The third-order valence-corrected chi connectivity index (χ3v) is 3.49. The summed E-state index contributed by atoms with van der Waals surface area (Å²) in [6, 6.07) is 3.34. The van der Waals surface area contributed by atoms with Crippen LogP contribution in [-0.2, 0) is 16.0 Å². The molecule has 1 aromatic carbocycles. The summed E-state index contributed by atoms with van der Waals surface area (Å²) in [6.45, 7) is 0. The van der Waals surface area contributed by atoms with Crippen molar-refractivity contribution in [3.05, 3.63) is 28.3 Å². The fourth-order valence-electron chi connectivity index (χ4n) is 2.25. The highest BCUT2D eigenvalue weighted by molar-refractivity contribution is 6.32. The van der Waals surface area contributed by atoms with E-state index in [1.54, 1.807) is 12.1 Å². The van der Waals surface area contributed by atoms with Crippen LogP contribution in [-0.4, -0.2) is 26.0 Å². The lowest BCUT2D eigenvalue weighted by molar-refractivity contribution is -0.145. The Bertz CT molecular complexity index is 510. The molecule has 2 rings (SSSR count). The van der Waals surface area contributed by atoms with Gasteiger partial charge in [0.2, 0.25) is 0 Å². The number of fused-ring (bicyclic) bond motifs is 1. The minimum Gasteiger partial charge on any atom is -0.496 e. The lowest BCUT2D eigenvalue weighted by Crippen LogP contribution is -2.28. The van der Waals surface area contributed by atoms with Gasteiger partial charge in [-0.2, -0.15) is 0 Å². The number of ketones is 1. The van der Waals surface area contributed by atoms with Crippen molar-refractivity contribution in [2.24, 2.45) is 5.92 Å². The lowest BCUT2D eigenvalue weighted by Gasteiger charge is -2.24. The van der Waals surface area contributed by atoms with E-state index in [1.807, 2.05) is 0 Å². The summed E-state index contributed by atoms with van der Waals surface area (Å²) in [5.74, 6) is -0.471. The fraction of sp³-hybridized carbons (Fsp3) is 0.385. The molecular weight excluding hydrogens is 256 g/mol. The largest absolute Gasteiger partial charge is 0.496 e. The Labute approximate surface area is 110 Å². The van der Waals surface area contributed by atoms with Gasteiger partial charge in [0.05, 0.1) is 25.7 Å². The van der Waals surface area contributed by atoms with E-state index in [9.17, 15) is 9.59 Å². The number of halogens is 1. The number of rotatable bonds is 2. The summed E-state index contributed by atoms with van der Waals surface area (Å²) in [6.07, 6.45) is 0.542. The molecule has 0 aromatic heterocycles. The van der Waals surface area contributed by atoms with E-state index in [1.165, 1.54) is 14.2 Å². The van der Waals surface area contributed by atoms with E-state index in [4.69, 9.17) is 16.3 Å². The highest BCUT2D eigenvalue weighted by Gasteiger charge is 2.33. The molecule has 18 heavy (non-hydrogen) atoms. The monoisotopic (exact) mass is 268 g/mol. The first-order chi connectivity index (χ1) is 8.58. The van der Waals surface area contributed by atoms with E-state index in [0.717, 1.165) is 0 Å². The molecule has 0 aliphatic heterocycles. The van der Waals surface area contributed by atoms with Crippen molar-refractivity contribution in [3.63, 3.8) is 0 Å². The quantitative estimate of drug-likeness (QED) is 0.772. The number of carbonyl (C=O) groups is 2. The zero-order valence-corrected chi connectivity index (χ0v) is 10.9. The van der Waals surface area contributed by atoms with Gasteiger partial charge in [0, 0.05) is 11.4 Å². The van der Waals surface area contributed by atoms with Crippen LogP contribution in [0.25, 0.3) is 0 Å². The zero-order chi connectivity index (χ0) is 13.3. The van der Waals surface area contributed by atoms with E-state index < -0.39 is 5.92 Å². The highest BCUT2D eigenvalue weighted by atomic mass is 35.5. The Kier molecular flexibility index (Phi) is 3.57. The number of benzene rings is 1. The van der Waals surface area contributed by atoms with Gasteiger partial charge in [-0.3, -0.25) is 9.59 Å². The molecule has 0 unspecified atom stereocenters. The van der Waals surface area contributed by atoms with Crippen molar-refractivity contribution in [2.75, 3.05) is 14.2 Å². The first-order valence-corrected chi connectivity index (χ1v) is 5.92. The maximum Gasteiger partial charge on any atom is 0.309 e. The Hall–Kier alpha value is -1.55. The average molecular weight is 269 g/mol. The van der Waals surface area contributed by atoms with Crippen molar-refractivity contribution in [2.45, 2.75) is 12.8 Å². The fourth-order valence-corrected chi connectivity index (χ4v) is 2.49. The minimum absolute atomic E-state index is 0.133. The molecule has 0 bridgehead atoms.